The Hall–Kier alpha value is -2.75. The van der Waals surface area contributed by atoms with Crippen LogP contribution in [0.5, 0.6) is 0 Å². The molecule has 1 aromatic carbocycles. The average molecular weight is 500 g/mol. The van der Waals surface area contributed by atoms with E-state index in [0.717, 1.165) is 36.1 Å². The number of aryl methyl sites for hydroxylation is 1. The van der Waals surface area contributed by atoms with E-state index in [9.17, 15) is 32.7 Å². The summed E-state index contributed by atoms with van der Waals surface area (Å²) in [7, 11) is 0. The molecule has 0 spiro atoms. The van der Waals surface area contributed by atoms with Gasteiger partial charge in [0.15, 0.2) is 0 Å². The van der Waals surface area contributed by atoms with Crippen LogP contribution < -0.4 is 10.3 Å². The summed E-state index contributed by atoms with van der Waals surface area (Å²) in [5.74, 6) is -3.16. The number of benzene rings is 1. The molecule has 2 aromatic rings. The van der Waals surface area contributed by atoms with Crippen LogP contribution in [0, 0.1) is 0 Å². The van der Waals surface area contributed by atoms with Crippen molar-refractivity contribution in [2.75, 3.05) is 31.1 Å². The van der Waals surface area contributed by atoms with E-state index in [-0.39, 0.29) is 48.2 Å². The lowest BCUT2D eigenvalue weighted by Crippen LogP contribution is -2.52. The lowest BCUT2D eigenvalue weighted by molar-refractivity contribution is -0.185. The van der Waals surface area contributed by atoms with Crippen LogP contribution in [-0.4, -0.2) is 58.8 Å². The zero-order chi connectivity index (χ0) is 24.8. The van der Waals surface area contributed by atoms with Gasteiger partial charge in [-0.1, -0.05) is 31.4 Å². The molecule has 7 nitrogen and oxygen atoms in total. The molecule has 1 saturated heterocycles. The maximum absolute atomic E-state index is 13.0. The van der Waals surface area contributed by atoms with Crippen LogP contribution in [0.3, 0.4) is 0 Å². The molecular weight excluding hydrogens is 475 g/mol. The summed E-state index contributed by atoms with van der Waals surface area (Å²) >= 11 is 6.59. The van der Waals surface area contributed by atoms with Crippen molar-refractivity contribution in [1.82, 2.24) is 9.47 Å². The summed E-state index contributed by atoms with van der Waals surface area (Å²) in [6.07, 6.45) is 0.589. The summed E-state index contributed by atoms with van der Waals surface area (Å²) < 4.78 is 40.3. The third-order valence-electron chi connectivity index (χ3n) is 6.71. The van der Waals surface area contributed by atoms with Crippen LogP contribution in [0.1, 0.15) is 54.6 Å². The van der Waals surface area contributed by atoms with Crippen LogP contribution in [0.4, 0.5) is 18.9 Å². The molecule has 1 unspecified atom stereocenters. The summed E-state index contributed by atoms with van der Waals surface area (Å²) in [5, 5.41) is 10.1. The number of hydrogen-bond acceptors (Lipinski definition) is 4. The van der Waals surface area contributed by atoms with Gasteiger partial charge in [0, 0.05) is 49.4 Å². The van der Waals surface area contributed by atoms with E-state index < -0.39 is 23.5 Å². The normalized spacial score (nSPS) is 18.4. The maximum Gasteiger partial charge on any atom is 0.471 e. The minimum Gasteiger partial charge on any atom is -0.477 e. The molecule has 0 saturated carbocycles. The molecule has 1 aromatic heterocycles. The smallest absolute Gasteiger partial charge is 0.471 e. The van der Waals surface area contributed by atoms with Crippen molar-refractivity contribution in [3.63, 3.8) is 0 Å². The van der Waals surface area contributed by atoms with Gasteiger partial charge in [-0.15, -0.1) is 0 Å². The number of unbranched alkanes of at least 4 members (excludes halogenated alkanes) is 1. The van der Waals surface area contributed by atoms with E-state index in [1.54, 1.807) is 0 Å². The number of aromatic nitrogens is 1. The summed E-state index contributed by atoms with van der Waals surface area (Å²) in [4.78, 5) is 38.9. The van der Waals surface area contributed by atoms with Gasteiger partial charge >= 0.3 is 18.1 Å². The average Bonchev–Trinajstić information content (AvgIpc) is 2.79. The number of carbonyl (C=O) groups is 2. The molecule has 184 valence electrons. The van der Waals surface area contributed by atoms with E-state index >= 15 is 0 Å². The Morgan fingerprint density at radius 2 is 1.88 bits per heavy atom. The highest BCUT2D eigenvalue weighted by molar-refractivity contribution is 6.34. The van der Waals surface area contributed by atoms with Crippen molar-refractivity contribution in [3.05, 3.63) is 38.6 Å². The largest absolute Gasteiger partial charge is 0.477 e. The van der Waals surface area contributed by atoms with Gasteiger partial charge in [0.2, 0.25) is 5.43 Å². The fourth-order valence-corrected chi connectivity index (χ4v) is 5.41. The molecule has 0 radical (unpaired) electrons. The highest BCUT2D eigenvalue weighted by Gasteiger charge is 2.43. The Labute approximate surface area is 198 Å². The lowest BCUT2D eigenvalue weighted by Gasteiger charge is -2.39. The molecule has 34 heavy (non-hydrogen) atoms. The molecule has 2 aliphatic rings. The minimum atomic E-state index is -4.92. The topological polar surface area (TPSA) is 82.8 Å². The van der Waals surface area contributed by atoms with Crippen LogP contribution in [0.2, 0.25) is 5.02 Å². The number of amides is 1. The van der Waals surface area contributed by atoms with Gasteiger partial charge < -0.3 is 19.5 Å². The first-order valence-corrected chi connectivity index (χ1v) is 11.7. The van der Waals surface area contributed by atoms with Crippen molar-refractivity contribution >= 4 is 40.1 Å². The fraction of sp³-hybridized carbons (Fsp3) is 0.522. The number of halogens is 4. The number of carboxylic acids is 1. The zero-order valence-corrected chi connectivity index (χ0v) is 19.4. The Morgan fingerprint density at radius 1 is 1.21 bits per heavy atom. The number of aromatic carboxylic acids is 1. The second-order valence-electron chi connectivity index (χ2n) is 8.78. The number of rotatable bonds is 5. The van der Waals surface area contributed by atoms with Gasteiger partial charge in [0.1, 0.15) is 5.56 Å². The number of carboxylic acid groups (broad SMARTS) is 1. The van der Waals surface area contributed by atoms with Crippen LogP contribution in [0.25, 0.3) is 10.9 Å². The fourth-order valence-electron chi connectivity index (χ4n) is 5.06. The van der Waals surface area contributed by atoms with Gasteiger partial charge in [-0.3, -0.25) is 9.59 Å². The highest BCUT2D eigenvalue weighted by Crippen LogP contribution is 2.42. The van der Waals surface area contributed by atoms with E-state index in [2.05, 4.69) is 6.92 Å². The monoisotopic (exact) mass is 499 g/mol. The zero-order valence-electron chi connectivity index (χ0n) is 18.6. The van der Waals surface area contributed by atoms with Crippen molar-refractivity contribution in [3.8, 4) is 0 Å². The van der Waals surface area contributed by atoms with Crippen LogP contribution >= 0.6 is 11.6 Å². The molecule has 4 rings (SSSR count). The molecular formula is C23H25ClF3N3O4. The van der Waals surface area contributed by atoms with E-state index in [0.29, 0.717) is 17.6 Å². The SMILES string of the molecule is CCCCC1CCc2c(N3CCN(C(=O)C(F)(F)F)CC3)c(Cl)cc3c(=O)c(C(=O)O)cn1c23. The molecule has 1 N–H and O–H groups in total. The minimum absolute atomic E-state index is 0.0314. The Morgan fingerprint density at radius 3 is 2.47 bits per heavy atom. The van der Waals surface area contributed by atoms with Crippen molar-refractivity contribution in [2.24, 2.45) is 0 Å². The summed E-state index contributed by atoms with van der Waals surface area (Å²) in [6.45, 7) is 2.20. The lowest BCUT2D eigenvalue weighted by atomic mass is 9.91. The number of nitrogens with zero attached hydrogens (tertiary/aromatic N) is 3. The molecule has 1 atom stereocenters. The number of carbonyl (C=O) groups excluding carboxylic acids is 1. The molecule has 0 bridgehead atoms. The van der Waals surface area contributed by atoms with Gasteiger partial charge in [-0.25, -0.2) is 4.79 Å². The molecule has 11 heteroatoms. The maximum atomic E-state index is 13.0. The standard InChI is InChI=1S/C23H25ClF3N3O4/c1-2-3-4-13-5-6-14-18-15(20(31)16(21(32)33)12-30(13)18)11-17(24)19(14)28-7-9-29(10-8-28)22(34)23(25,26)27/h11-13H,2-10H2,1H3,(H,32,33). The van der Waals surface area contributed by atoms with Crippen LogP contribution in [-0.2, 0) is 11.2 Å². The van der Waals surface area contributed by atoms with E-state index in [4.69, 9.17) is 11.6 Å². The summed E-state index contributed by atoms with van der Waals surface area (Å²) in [6, 6.07) is 1.50. The Bertz CT molecular complexity index is 1200. The van der Waals surface area contributed by atoms with Crippen molar-refractivity contribution < 1.29 is 27.9 Å². The molecule has 0 aliphatic carbocycles. The van der Waals surface area contributed by atoms with Crippen molar-refractivity contribution in [2.45, 2.75) is 51.2 Å². The number of piperazine rings is 1. The number of pyridine rings is 1. The molecule has 1 fully saturated rings. The highest BCUT2D eigenvalue weighted by atomic mass is 35.5. The third kappa shape index (κ3) is 4.23. The second kappa shape index (κ2) is 9.13. The predicted octanol–water partition coefficient (Wildman–Crippen LogP) is 4.24. The predicted molar refractivity (Wildman–Crippen MR) is 122 cm³/mol. The Kier molecular flexibility index (Phi) is 6.54. The van der Waals surface area contributed by atoms with Gasteiger partial charge in [0.25, 0.3) is 0 Å². The third-order valence-corrected chi connectivity index (χ3v) is 7.00. The Balaban J connectivity index is 1.79. The number of anilines is 1. The molecule has 2 aliphatic heterocycles. The molecule has 3 heterocycles. The first-order chi connectivity index (χ1) is 16.0. The quantitative estimate of drug-likeness (QED) is 0.665. The first-order valence-electron chi connectivity index (χ1n) is 11.3. The second-order valence-corrected chi connectivity index (χ2v) is 9.18. The number of alkyl halides is 3. The molecule has 1 amide bonds. The summed E-state index contributed by atoms with van der Waals surface area (Å²) in [5.41, 5.74) is 1.14. The van der Waals surface area contributed by atoms with Gasteiger partial charge in [-0.2, -0.15) is 13.2 Å². The van der Waals surface area contributed by atoms with Gasteiger partial charge in [-0.05, 0) is 25.3 Å². The van der Waals surface area contributed by atoms with Gasteiger partial charge in [0.05, 0.1) is 16.2 Å². The van der Waals surface area contributed by atoms with Crippen molar-refractivity contribution in [1.29, 1.82) is 0 Å². The van der Waals surface area contributed by atoms with Crippen LogP contribution in [0.15, 0.2) is 17.1 Å². The van der Waals surface area contributed by atoms with E-state index in [1.807, 2.05) is 9.47 Å². The van der Waals surface area contributed by atoms with E-state index in [1.165, 1.54) is 12.3 Å². The number of hydrogen-bond donors (Lipinski definition) is 1. The first kappa shape index (κ1) is 24.4.